The third-order valence-corrected chi connectivity index (χ3v) is 4.53. The number of hydrogen-bond donors (Lipinski definition) is 1. The van der Waals surface area contributed by atoms with Crippen LogP contribution in [0.4, 0.5) is 0 Å². The number of nitrogens with one attached hydrogen (secondary N) is 1. The fourth-order valence-electron chi connectivity index (χ4n) is 2.90. The molecule has 1 aromatic carbocycles. The largest absolute Gasteiger partial charge is 0.338 e. The number of aromatic nitrogens is 2. The third kappa shape index (κ3) is 3.20. The molecule has 2 aromatic rings. The summed E-state index contributed by atoms with van der Waals surface area (Å²) >= 11 is 0. The maximum Gasteiger partial charge on any atom is 0.243 e. The zero-order valence-electron chi connectivity index (χ0n) is 13.5. The Balaban J connectivity index is 1.68. The number of rotatable bonds is 5. The van der Waals surface area contributed by atoms with E-state index in [1.807, 2.05) is 7.05 Å². The minimum absolute atomic E-state index is 0.152. The van der Waals surface area contributed by atoms with E-state index in [1.54, 1.807) is 0 Å². The number of nitrogens with zero attached hydrogens (tertiary/aromatic N) is 3. The Labute approximate surface area is 131 Å². The summed E-state index contributed by atoms with van der Waals surface area (Å²) in [6.07, 6.45) is 1.87. The minimum atomic E-state index is 0.152. The lowest BCUT2D eigenvalue weighted by Gasteiger charge is -2.31. The molecule has 5 heteroatoms. The first-order chi connectivity index (χ1) is 10.7. The Morgan fingerprint density at radius 2 is 2.05 bits per heavy atom. The third-order valence-electron chi connectivity index (χ3n) is 4.53. The molecular formula is C17H24N4O. The molecule has 0 bridgehead atoms. The van der Waals surface area contributed by atoms with Crippen LogP contribution in [0.2, 0.25) is 0 Å². The van der Waals surface area contributed by atoms with Crippen LogP contribution < -0.4 is 5.32 Å². The number of likely N-dealkylation sites (N-methyl/N-ethyl adjacent to an activating group) is 1. The van der Waals surface area contributed by atoms with Gasteiger partial charge in [0, 0.05) is 25.6 Å². The molecule has 5 nitrogen and oxygen atoms in total. The molecule has 0 amide bonds. The van der Waals surface area contributed by atoms with Gasteiger partial charge >= 0.3 is 0 Å². The molecule has 3 rings (SSSR count). The van der Waals surface area contributed by atoms with Crippen LogP contribution in [-0.4, -0.2) is 34.7 Å². The van der Waals surface area contributed by atoms with Gasteiger partial charge in [-0.25, -0.2) is 0 Å². The molecule has 0 spiro atoms. The summed E-state index contributed by atoms with van der Waals surface area (Å²) in [4.78, 5) is 6.97. The lowest BCUT2D eigenvalue weighted by atomic mass is 9.99. The quantitative estimate of drug-likeness (QED) is 0.918. The molecule has 1 aromatic heterocycles. The van der Waals surface area contributed by atoms with E-state index in [2.05, 4.69) is 58.5 Å². The minimum Gasteiger partial charge on any atom is -0.338 e. The molecule has 0 fully saturated rings. The highest BCUT2D eigenvalue weighted by Crippen LogP contribution is 2.26. The van der Waals surface area contributed by atoms with Gasteiger partial charge in [-0.05, 0) is 38.4 Å². The zero-order valence-corrected chi connectivity index (χ0v) is 13.5. The van der Waals surface area contributed by atoms with E-state index >= 15 is 0 Å². The van der Waals surface area contributed by atoms with E-state index in [0.29, 0.717) is 6.04 Å². The second-order valence-corrected chi connectivity index (χ2v) is 6.11. The first kappa shape index (κ1) is 15.2. The summed E-state index contributed by atoms with van der Waals surface area (Å²) in [5, 5.41) is 7.31. The van der Waals surface area contributed by atoms with Gasteiger partial charge in [-0.1, -0.05) is 29.4 Å². The van der Waals surface area contributed by atoms with E-state index < -0.39 is 0 Å². The lowest BCUT2D eigenvalue weighted by molar-refractivity contribution is 0.158. The highest BCUT2D eigenvalue weighted by molar-refractivity contribution is 5.29. The summed E-state index contributed by atoms with van der Waals surface area (Å²) < 4.78 is 5.48. The van der Waals surface area contributed by atoms with Gasteiger partial charge in [0.05, 0.1) is 6.04 Å². The first-order valence-electron chi connectivity index (χ1n) is 7.98. The Morgan fingerprint density at radius 3 is 2.82 bits per heavy atom. The van der Waals surface area contributed by atoms with Gasteiger partial charge < -0.3 is 9.84 Å². The molecule has 0 saturated heterocycles. The van der Waals surface area contributed by atoms with Crippen molar-refractivity contribution in [2.75, 3.05) is 13.6 Å². The smallest absolute Gasteiger partial charge is 0.243 e. The Hall–Kier alpha value is -1.72. The summed E-state index contributed by atoms with van der Waals surface area (Å²) in [5.41, 5.74) is 2.86. The van der Waals surface area contributed by atoms with Crippen molar-refractivity contribution in [3.05, 3.63) is 47.1 Å². The summed E-state index contributed by atoms with van der Waals surface area (Å²) in [7, 11) is 1.94. The first-order valence-corrected chi connectivity index (χ1v) is 7.98. The molecule has 2 unspecified atom stereocenters. The summed E-state index contributed by atoms with van der Waals surface area (Å²) in [6, 6.07) is 9.16. The standard InChI is InChI=1S/C17H24N4O/c1-12(18-3)10-16-19-17(22-20-16)13(2)21-9-8-14-6-4-5-7-15(14)11-21/h4-7,12-13,18H,8-11H2,1-3H3. The monoisotopic (exact) mass is 300 g/mol. The van der Waals surface area contributed by atoms with E-state index in [4.69, 9.17) is 4.52 Å². The van der Waals surface area contributed by atoms with Gasteiger partial charge in [0.15, 0.2) is 5.82 Å². The molecule has 1 aliphatic rings. The Kier molecular flexibility index (Phi) is 4.55. The molecule has 118 valence electrons. The molecule has 0 radical (unpaired) electrons. The van der Waals surface area contributed by atoms with E-state index in [0.717, 1.165) is 37.6 Å². The topological polar surface area (TPSA) is 54.2 Å². The van der Waals surface area contributed by atoms with E-state index in [-0.39, 0.29) is 6.04 Å². The van der Waals surface area contributed by atoms with Crippen molar-refractivity contribution in [3.63, 3.8) is 0 Å². The van der Waals surface area contributed by atoms with Crippen molar-refractivity contribution in [1.82, 2.24) is 20.4 Å². The highest BCUT2D eigenvalue weighted by atomic mass is 16.5. The SMILES string of the molecule is CNC(C)Cc1noc(C(C)N2CCc3ccccc3C2)n1. The Morgan fingerprint density at radius 1 is 1.27 bits per heavy atom. The average Bonchev–Trinajstić information content (AvgIpc) is 3.02. The summed E-state index contributed by atoms with van der Waals surface area (Å²) in [6.45, 7) is 6.23. The molecule has 2 atom stereocenters. The molecule has 2 heterocycles. The predicted molar refractivity (Wildman–Crippen MR) is 85.5 cm³/mol. The van der Waals surface area contributed by atoms with Crippen LogP contribution in [0.3, 0.4) is 0 Å². The molecular weight excluding hydrogens is 276 g/mol. The maximum absolute atomic E-state index is 5.48. The number of hydrogen-bond acceptors (Lipinski definition) is 5. The average molecular weight is 300 g/mol. The lowest BCUT2D eigenvalue weighted by Crippen LogP contribution is -2.33. The predicted octanol–water partition coefficient (Wildman–Crippen LogP) is 2.34. The van der Waals surface area contributed by atoms with Gasteiger partial charge in [0.2, 0.25) is 5.89 Å². The van der Waals surface area contributed by atoms with Crippen molar-refractivity contribution < 1.29 is 4.52 Å². The second-order valence-electron chi connectivity index (χ2n) is 6.11. The highest BCUT2D eigenvalue weighted by Gasteiger charge is 2.25. The van der Waals surface area contributed by atoms with Gasteiger partial charge in [-0.15, -0.1) is 0 Å². The molecule has 1 N–H and O–H groups in total. The van der Waals surface area contributed by atoms with Crippen molar-refractivity contribution in [2.45, 2.75) is 45.3 Å². The van der Waals surface area contributed by atoms with Gasteiger partial charge in [-0.3, -0.25) is 4.90 Å². The molecule has 0 saturated carbocycles. The van der Waals surface area contributed by atoms with Crippen LogP contribution in [0.15, 0.2) is 28.8 Å². The molecule has 1 aliphatic heterocycles. The van der Waals surface area contributed by atoms with Gasteiger partial charge in [-0.2, -0.15) is 4.98 Å². The van der Waals surface area contributed by atoms with Crippen LogP contribution in [-0.2, 0) is 19.4 Å². The fraction of sp³-hybridized carbons (Fsp3) is 0.529. The summed E-state index contributed by atoms with van der Waals surface area (Å²) in [5.74, 6) is 1.50. The van der Waals surface area contributed by atoms with Crippen molar-refractivity contribution in [1.29, 1.82) is 0 Å². The van der Waals surface area contributed by atoms with Gasteiger partial charge in [0.25, 0.3) is 0 Å². The number of fused-ring (bicyclic) bond motifs is 1. The van der Waals surface area contributed by atoms with Crippen molar-refractivity contribution in [2.24, 2.45) is 0 Å². The van der Waals surface area contributed by atoms with Crippen molar-refractivity contribution in [3.8, 4) is 0 Å². The zero-order chi connectivity index (χ0) is 15.5. The molecule has 0 aliphatic carbocycles. The Bertz CT molecular complexity index is 625. The normalized spacial score (nSPS) is 18.0. The van der Waals surface area contributed by atoms with E-state index in [9.17, 15) is 0 Å². The van der Waals surface area contributed by atoms with Crippen LogP contribution in [0.5, 0.6) is 0 Å². The number of benzene rings is 1. The van der Waals surface area contributed by atoms with Crippen LogP contribution >= 0.6 is 0 Å². The maximum atomic E-state index is 5.48. The van der Waals surface area contributed by atoms with Crippen LogP contribution in [0, 0.1) is 0 Å². The van der Waals surface area contributed by atoms with E-state index in [1.165, 1.54) is 11.1 Å². The van der Waals surface area contributed by atoms with Crippen LogP contribution in [0.1, 0.15) is 42.7 Å². The second kappa shape index (κ2) is 6.58. The van der Waals surface area contributed by atoms with Crippen molar-refractivity contribution >= 4 is 0 Å². The van der Waals surface area contributed by atoms with Crippen LogP contribution in [0.25, 0.3) is 0 Å². The molecule has 22 heavy (non-hydrogen) atoms. The fourth-order valence-corrected chi connectivity index (χ4v) is 2.90. The van der Waals surface area contributed by atoms with Gasteiger partial charge in [0.1, 0.15) is 0 Å².